The molecule has 4 rings (SSSR count). The minimum atomic E-state index is -0.816. The first-order valence-corrected chi connectivity index (χ1v) is 9.42. The summed E-state index contributed by atoms with van der Waals surface area (Å²) in [7, 11) is 0. The van der Waals surface area contributed by atoms with Gasteiger partial charge < -0.3 is 10.4 Å². The normalized spacial score (nSPS) is 12.4. The van der Waals surface area contributed by atoms with Crippen molar-refractivity contribution >= 4 is 34.0 Å². The highest BCUT2D eigenvalue weighted by Crippen LogP contribution is 2.33. The number of hydrogen-bond acceptors (Lipinski definition) is 4. The van der Waals surface area contributed by atoms with Crippen LogP contribution in [0.4, 0.5) is 11.5 Å². The molecule has 2 N–H and O–H groups in total. The first-order chi connectivity index (χ1) is 13.6. The number of aromatic nitrogens is 3. The number of benzene rings is 2. The van der Waals surface area contributed by atoms with Crippen LogP contribution >= 0.6 is 0 Å². The van der Waals surface area contributed by atoms with Crippen LogP contribution < -0.4 is 5.32 Å². The largest absolute Gasteiger partial charge is 0.481 e. The summed E-state index contributed by atoms with van der Waals surface area (Å²) in [4.78, 5) is 16.6. The Morgan fingerprint density at radius 2 is 1.96 bits per heavy atom. The Kier molecular flexibility index (Phi) is 4.69. The number of nitrogens with zero attached hydrogens (tertiary/aromatic N) is 3. The predicted molar refractivity (Wildman–Crippen MR) is 110 cm³/mol. The van der Waals surface area contributed by atoms with Gasteiger partial charge in [0, 0.05) is 17.4 Å². The van der Waals surface area contributed by atoms with Gasteiger partial charge in [-0.2, -0.15) is 9.61 Å². The van der Waals surface area contributed by atoms with E-state index in [2.05, 4.69) is 5.32 Å². The fraction of sp³-hybridized carbons (Fsp3) is 0.227. The maximum absolute atomic E-state index is 11.9. The van der Waals surface area contributed by atoms with Gasteiger partial charge in [-0.1, -0.05) is 43.7 Å². The fourth-order valence-electron chi connectivity index (χ4n) is 3.62. The summed E-state index contributed by atoms with van der Waals surface area (Å²) in [6.07, 6.45) is 1.37. The van der Waals surface area contributed by atoms with Crippen LogP contribution in [0, 0.1) is 6.92 Å². The first-order valence-electron chi connectivity index (χ1n) is 9.42. The van der Waals surface area contributed by atoms with Crippen molar-refractivity contribution in [3.05, 3.63) is 65.9 Å². The molecule has 0 saturated heterocycles. The van der Waals surface area contributed by atoms with Crippen molar-refractivity contribution in [2.24, 2.45) is 0 Å². The molecule has 0 aliphatic rings. The number of nitrogens with one attached hydrogen (secondary N) is 1. The summed E-state index contributed by atoms with van der Waals surface area (Å²) >= 11 is 0. The Morgan fingerprint density at radius 3 is 2.68 bits per heavy atom. The summed E-state index contributed by atoms with van der Waals surface area (Å²) in [5.74, 6) is -0.600. The Labute approximate surface area is 162 Å². The molecule has 0 aliphatic carbocycles. The molecule has 6 heteroatoms. The predicted octanol–water partition coefficient (Wildman–Crippen LogP) is 4.90. The number of rotatable bonds is 6. The van der Waals surface area contributed by atoms with E-state index in [-0.39, 0.29) is 0 Å². The quantitative estimate of drug-likeness (QED) is 0.502. The van der Waals surface area contributed by atoms with Gasteiger partial charge in [-0.15, -0.1) is 0 Å². The number of carboxylic acid groups (broad SMARTS) is 1. The lowest BCUT2D eigenvalue weighted by molar-refractivity contribution is -0.138. The summed E-state index contributed by atoms with van der Waals surface area (Å²) in [5.41, 5.74) is 3.97. The molecular formula is C22H22N4O2. The van der Waals surface area contributed by atoms with Gasteiger partial charge >= 0.3 is 5.97 Å². The van der Waals surface area contributed by atoms with E-state index in [1.54, 1.807) is 4.52 Å². The fourth-order valence-corrected chi connectivity index (χ4v) is 3.62. The second-order valence-electron chi connectivity index (χ2n) is 6.93. The number of aliphatic carboxylic acids is 1. The molecule has 0 aliphatic heterocycles. The summed E-state index contributed by atoms with van der Waals surface area (Å²) in [6, 6.07) is 17.5. The molecule has 0 bridgehead atoms. The third-order valence-corrected chi connectivity index (χ3v) is 4.86. The van der Waals surface area contributed by atoms with Crippen LogP contribution in [0.3, 0.4) is 0 Å². The number of anilines is 2. The molecule has 2 heterocycles. The maximum Gasteiger partial charge on any atom is 0.310 e. The van der Waals surface area contributed by atoms with Crippen LogP contribution in [0.25, 0.3) is 16.6 Å². The molecule has 4 aromatic rings. The minimum Gasteiger partial charge on any atom is -0.481 e. The van der Waals surface area contributed by atoms with E-state index >= 15 is 0 Å². The second kappa shape index (κ2) is 7.31. The highest BCUT2D eigenvalue weighted by atomic mass is 16.4. The maximum atomic E-state index is 11.9. The van der Waals surface area contributed by atoms with Gasteiger partial charge in [0.25, 0.3) is 0 Å². The second-order valence-corrected chi connectivity index (χ2v) is 6.93. The minimum absolute atomic E-state index is 0.574. The van der Waals surface area contributed by atoms with Gasteiger partial charge in [0.15, 0.2) is 5.65 Å². The summed E-state index contributed by atoms with van der Waals surface area (Å²) < 4.78 is 1.76. The Hall–Kier alpha value is -3.41. The first kappa shape index (κ1) is 18.0. The van der Waals surface area contributed by atoms with E-state index < -0.39 is 11.9 Å². The zero-order valence-corrected chi connectivity index (χ0v) is 15.9. The number of aryl methyl sites for hydroxylation is 1. The van der Waals surface area contributed by atoms with E-state index in [1.165, 1.54) is 0 Å². The number of fused-ring (bicyclic) bond motifs is 3. The average molecular weight is 374 g/mol. The molecule has 6 nitrogen and oxygen atoms in total. The number of carboxylic acids is 1. The van der Waals surface area contributed by atoms with Crippen LogP contribution in [0.15, 0.2) is 54.6 Å². The smallest absolute Gasteiger partial charge is 0.310 e. The number of para-hydroxylation sites is 1. The van der Waals surface area contributed by atoms with Gasteiger partial charge in [0.1, 0.15) is 5.82 Å². The van der Waals surface area contributed by atoms with Crippen molar-refractivity contribution in [3.63, 3.8) is 0 Å². The summed E-state index contributed by atoms with van der Waals surface area (Å²) in [5, 5.41) is 18.7. The third kappa shape index (κ3) is 3.17. The molecule has 1 atom stereocenters. The lowest BCUT2D eigenvalue weighted by Crippen LogP contribution is -2.11. The zero-order valence-electron chi connectivity index (χ0n) is 15.9. The molecule has 0 amide bonds. The molecule has 0 saturated carbocycles. The average Bonchev–Trinajstić information content (AvgIpc) is 3.06. The van der Waals surface area contributed by atoms with Crippen LogP contribution in [-0.4, -0.2) is 25.7 Å². The molecule has 2 aromatic heterocycles. The van der Waals surface area contributed by atoms with Crippen molar-refractivity contribution in [2.45, 2.75) is 32.6 Å². The van der Waals surface area contributed by atoms with Crippen LogP contribution in [0.1, 0.15) is 36.9 Å². The van der Waals surface area contributed by atoms with E-state index in [0.29, 0.717) is 12.1 Å². The lowest BCUT2D eigenvalue weighted by atomic mass is 9.92. The van der Waals surface area contributed by atoms with Crippen LogP contribution in [-0.2, 0) is 4.79 Å². The highest BCUT2D eigenvalue weighted by Gasteiger charge is 2.24. The van der Waals surface area contributed by atoms with E-state index in [9.17, 15) is 9.90 Å². The van der Waals surface area contributed by atoms with Crippen molar-refractivity contribution < 1.29 is 9.90 Å². The van der Waals surface area contributed by atoms with Gasteiger partial charge in [-0.3, -0.25) is 4.79 Å². The van der Waals surface area contributed by atoms with Gasteiger partial charge in [0.2, 0.25) is 0 Å². The number of carbonyl (C=O) groups is 1. The lowest BCUT2D eigenvalue weighted by Gasteiger charge is -2.13. The number of hydrogen-bond donors (Lipinski definition) is 2. The highest BCUT2D eigenvalue weighted by molar-refractivity contribution is 5.98. The van der Waals surface area contributed by atoms with Gasteiger partial charge in [0.05, 0.1) is 16.8 Å². The Bertz CT molecular complexity index is 1150. The zero-order chi connectivity index (χ0) is 19.7. The van der Waals surface area contributed by atoms with Crippen LogP contribution in [0.2, 0.25) is 0 Å². The molecule has 28 heavy (non-hydrogen) atoms. The Balaban J connectivity index is 1.95. The third-order valence-electron chi connectivity index (χ3n) is 4.86. The van der Waals surface area contributed by atoms with Gasteiger partial charge in [-0.05, 0) is 37.1 Å². The van der Waals surface area contributed by atoms with E-state index in [0.717, 1.165) is 40.1 Å². The SMILES string of the molecule is CCCC(C(=O)O)c1cccc2nn3c(Nc4ccccc4)cc(C)nc3c12. The Morgan fingerprint density at radius 1 is 1.18 bits per heavy atom. The van der Waals surface area contributed by atoms with Crippen molar-refractivity contribution in [3.8, 4) is 0 Å². The molecule has 142 valence electrons. The molecule has 1 unspecified atom stereocenters. The molecular weight excluding hydrogens is 352 g/mol. The van der Waals surface area contributed by atoms with E-state index in [1.807, 2.05) is 68.4 Å². The van der Waals surface area contributed by atoms with Crippen molar-refractivity contribution in [1.82, 2.24) is 14.6 Å². The summed E-state index contributed by atoms with van der Waals surface area (Å²) in [6.45, 7) is 3.93. The van der Waals surface area contributed by atoms with Crippen LogP contribution in [0.5, 0.6) is 0 Å². The standard InChI is InChI=1S/C22H22N4O2/c1-3-8-17(22(27)28)16-11-7-12-18-20(16)21-23-14(2)13-19(26(21)25-18)24-15-9-5-4-6-10-15/h4-7,9-13,17,24H,3,8H2,1-2H3,(H,27,28). The monoisotopic (exact) mass is 374 g/mol. The molecule has 0 fully saturated rings. The molecule has 0 spiro atoms. The topological polar surface area (TPSA) is 79.5 Å². The van der Waals surface area contributed by atoms with E-state index in [4.69, 9.17) is 10.1 Å². The molecule has 0 radical (unpaired) electrons. The van der Waals surface area contributed by atoms with Gasteiger partial charge in [-0.25, -0.2) is 4.98 Å². The van der Waals surface area contributed by atoms with Crippen molar-refractivity contribution in [2.75, 3.05) is 5.32 Å². The van der Waals surface area contributed by atoms with Crippen molar-refractivity contribution in [1.29, 1.82) is 0 Å². The molecule has 2 aromatic carbocycles.